The van der Waals surface area contributed by atoms with Crippen LogP contribution < -0.4 is 5.73 Å². The number of nitro benzene ring substituents is 1. The smallest absolute Gasteiger partial charge is 0.308 e. The van der Waals surface area contributed by atoms with Crippen molar-refractivity contribution in [2.75, 3.05) is 13.1 Å². The lowest BCUT2D eigenvalue weighted by molar-refractivity contribution is -0.387. The van der Waals surface area contributed by atoms with Crippen molar-refractivity contribution in [3.8, 4) is 0 Å². The maximum Gasteiger partial charge on any atom is 0.308 e. The van der Waals surface area contributed by atoms with Gasteiger partial charge < -0.3 is 10.6 Å². The molecule has 1 saturated heterocycles. The van der Waals surface area contributed by atoms with E-state index in [1.54, 1.807) is 0 Å². The number of piperidine rings is 1. The van der Waals surface area contributed by atoms with Gasteiger partial charge in [0.25, 0.3) is 5.91 Å². The molecule has 0 aromatic heterocycles. The van der Waals surface area contributed by atoms with Gasteiger partial charge >= 0.3 is 5.69 Å². The maximum atomic E-state index is 14.0. The fourth-order valence-electron chi connectivity index (χ4n) is 2.32. The Morgan fingerprint density at radius 3 is 2.71 bits per heavy atom. The van der Waals surface area contributed by atoms with Gasteiger partial charge in [0.05, 0.1) is 16.6 Å². The number of nitro groups is 1. The summed E-state index contributed by atoms with van der Waals surface area (Å²) in [4.78, 5) is 23.2. The SMILES string of the molecule is CC1CCN(C(=O)c2cc(F)cc([N+](=O)[O-])c2F)CC1N. The van der Waals surface area contributed by atoms with Gasteiger partial charge in [-0.15, -0.1) is 0 Å². The third-order valence-electron chi connectivity index (χ3n) is 3.75. The van der Waals surface area contributed by atoms with E-state index in [2.05, 4.69) is 0 Å². The second-order valence-corrected chi connectivity index (χ2v) is 5.22. The molecule has 114 valence electrons. The average molecular weight is 299 g/mol. The predicted molar refractivity (Wildman–Crippen MR) is 70.7 cm³/mol. The Morgan fingerprint density at radius 2 is 2.14 bits per heavy atom. The Bertz CT molecular complexity index is 594. The summed E-state index contributed by atoms with van der Waals surface area (Å²) < 4.78 is 27.4. The van der Waals surface area contributed by atoms with E-state index in [-0.39, 0.29) is 18.5 Å². The topological polar surface area (TPSA) is 89.5 Å². The lowest BCUT2D eigenvalue weighted by Gasteiger charge is -2.35. The highest BCUT2D eigenvalue weighted by atomic mass is 19.1. The van der Waals surface area contributed by atoms with Gasteiger partial charge in [0.2, 0.25) is 5.82 Å². The van der Waals surface area contributed by atoms with Crippen molar-refractivity contribution in [1.29, 1.82) is 0 Å². The lowest BCUT2D eigenvalue weighted by Crippen LogP contribution is -2.49. The number of likely N-dealkylation sites (tertiary alicyclic amines) is 1. The summed E-state index contributed by atoms with van der Waals surface area (Å²) in [6.45, 7) is 2.52. The van der Waals surface area contributed by atoms with Crippen molar-refractivity contribution < 1.29 is 18.5 Å². The first-order valence-corrected chi connectivity index (χ1v) is 6.49. The highest BCUT2D eigenvalue weighted by Crippen LogP contribution is 2.25. The Balaban J connectivity index is 2.33. The molecular weight excluding hydrogens is 284 g/mol. The summed E-state index contributed by atoms with van der Waals surface area (Å²) in [5, 5.41) is 10.7. The standard InChI is InChI=1S/C13H15F2N3O3/c1-7-2-3-17(6-10(7)16)13(19)9-4-8(14)5-11(12(9)15)18(20)21/h4-5,7,10H,2-3,6,16H2,1H3. The lowest BCUT2D eigenvalue weighted by atomic mass is 9.94. The molecule has 1 aromatic rings. The Kier molecular flexibility index (Phi) is 4.17. The van der Waals surface area contributed by atoms with Crippen LogP contribution in [-0.4, -0.2) is 34.9 Å². The number of carbonyl (C=O) groups is 1. The minimum Gasteiger partial charge on any atom is -0.337 e. The molecule has 2 N–H and O–H groups in total. The largest absolute Gasteiger partial charge is 0.337 e. The van der Waals surface area contributed by atoms with Crippen LogP contribution in [0.4, 0.5) is 14.5 Å². The molecule has 0 saturated carbocycles. The maximum absolute atomic E-state index is 14.0. The van der Waals surface area contributed by atoms with Crippen LogP contribution in [0.1, 0.15) is 23.7 Å². The van der Waals surface area contributed by atoms with Crippen LogP contribution in [0.25, 0.3) is 0 Å². The van der Waals surface area contributed by atoms with Gasteiger partial charge in [0.1, 0.15) is 5.82 Å². The number of carbonyl (C=O) groups excluding carboxylic acids is 1. The molecular formula is C13H15F2N3O3. The van der Waals surface area contributed by atoms with Crippen LogP contribution in [0.15, 0.2) is 12.1 Å². The van der Waals surface area contributed by atoms with Crippen molar-refractivity contribution in [1.82, 2.24) is 4.90 Å². The number of hydrogen-bond acceptors (Lipinski definition) is 4. The Morgan fingerprint density at radius 1 is 1.48 bits per heavy atom. The minimum atomic E-state index is -1.32. The minimum absolute atomic E-state index is 0.212. The molecule has 2 unspecified atom stereocenters. The van der Waals surface area contributed by atoms with Gasteiger partial charge in [-0.3, -0.25) is 14.9 Å². The first-order chi connectivity index (χ1) is 9.81. The third-order valence-corrected chi connectivity index (χ3v) is 3.75. The molecule has 6 nitrogen and oxygen atoms in total. The number of hydrogen-bond donors (Lipinski definition) is 1. The molecule has 1 aliphatic heterocycles. The molecule has 1 amide bonds. The van der Waals surface area contributed by atoms with E-state index in [0.717, 1.165) is 0 Å². The third kappa shape index (κ3) is 2.99. The molecule has 1 aliphatic rings. The first-order valence-electron chi connectivity index (χ1n) is 6.49. The van der Waals surface area contributed by atoms with Gasteiger partial charge in [-0.05, 0) is 18.4 Å². The fourth-order valence-corrected chi connectivity index (χ4v) is 2.32. The number of nitrogens with two attached hydrogens (primary N) is 1. The first kappa shape index (κ1) is 15.3. The highest BCUT2D eigenvalue weighted by Gasteiger charge is 2.31. The van der Waals surface area contributed by atoms with Gasteiger partial charge in [-0.2, -0.15) is 4.39 Å². The molecule has 1 fully saturated rings. The van der Waals surface area contributed by atoms with E-state index in [0.29, 0.717) is 25.1 Å². The molecule has 0 aliphatic carbocycles. The zero-order valence-corrected chi connectivity index (χ0v) is 11.4. The van der Waals surface area contributed by atoms with E-state index in [4.69, 9.17) is 5.73 Å². The zero-order valence-electron chi connectivity index (χ0n) is 11.4. The molecule has 0 radical (unpaired) electrons. The van der Waals surface area contributed by atoms with E-state index in [1.807, 2.05) is 6.92 Å². The van der Waals surface area contributed by atoms with Gasteiger partial charge in [0.15, 0.2) is 0 Å². The van der Waals surface area contributed by atoms with Crippen molar-refractivity contribution in [2.45, 2.75) is 19.4 Å². The van der Waals surface area contributed by atoms with E-state index >= 15 is 0 Å². The second-order valence-electron chi connectivity index (χ2n) is 5.22. The van der Waals surface area contributed by atoms with Gasteiger partial charge in [0, 0.05) is 19.1 Å². The van der Waals surface area contributed by atoms with Crippen LogP contribution in [-0.2, 0) is 0 Å². The van der Waals surface area contributed by atoms with E-state index in [1.165, 1.54) is 4.90 Å². The Hall–Kier alpha value is -2.09. The highest BCUT2D eigenvalue weighted by molar-refractivity contribution is 5.95. The summed E-state index contributed by atoms with van der Waals surface area (Å²) in [5.41, 5.74) is 4.18. The molecule has 2 atom stereocenters. The molecule has 1 aromatic carbocycles. The second kappa shape index (κ2) is 5.72. The number of rotatable bonds is 2. The molecule has 0 bridgehead atoms. The average Bonchev–Trinajstić information content (AvgIpc) is 2.43. The summed E-state index contributed by atoms with van der Waals surface area (Å²) in [6.07, 6.45) is 0.645. The summed E-state index contributed by atoms with van der Waals surface area (Å²) in [6, 6.07) is 0.874. The van der Waals surface area contributed by atoms with Crippen LogP contribution in [0.2, 0.25) is 0 Å². The van der Waals surface area contributed by atoms with Crippen LogP contribution >= 0.6 is 0 Å². The van der Waals surface area contributed by atoms with Gasteiger partial charge in [-0.1, -0.05) is 6.92 Å². The molecule has 8 heteroatoms. The number of nitrogens with zero attached hydrogens (tertiary/aromatic N) is 2. The zero-order chi connectivity index (χ0) is 15.7. The quantitative estimate of drug-likeness (QED) is 0.664. The molecule has 1 heterocycles. The van der Waals surface area contributed by atoms with Crippen LogP contribution in [0.3, 0.4) is 0 Å². The normalized spacial score (nSPS) is 22.2. The summed E-state index contributed by atoms with van der Waals surface area (Å²) >= 11 is 0. The number of benzene rings is 1. The van der Waals surface area contributed by atoms with Gasteiger partial charge in [-0.25, -0.2) is 4.39 Å². The molecule has 21 heavy (non-hydrogen) atoms. The molecule has 0 spiro atoms. The summed E-state index contributed by atoms with van der Waals surface area (Å²) in [7, 11) is 0. The Labute approximate surface area is 119 Å². The van der Waals surface area contributed by atoms with Crippen molar-refractivity contribution >= 4 is 11.6 Å². The number of halogens is 2. The predicted octanol–water partition coefficient (Wildman–Crippen LogP) is 1.68. The van der Waals surface area contributed by atoms with Crippen molar-refractivity contribution in [2.24, 2.45) is 11.7 Å². The monoisotopic (exact) mass is 299 g/mol. The van der Waals surface area contributed by atoms with Crippen molar-refractivity contribution in [3.63, 3.8) is 0 Å². The van der Waals surface area contributed by atoms with E-state index in [9.17, 15) is 23.7 Å². The van der Waals surface area contributed by atoms with Crippen LogP contribution in [0.5, 0.6) is 0 Å². The number of amides is 1. The van der Waals surface area contributed by atoms with E-state index < -0.39 is 33.7 Å². The molecule has 2 rings (SSSR count). The fraction of sp³-hybridized carbons (Fsp3) is 0.462. The van der Waals surface area contributed by atoms with Crippen molar-refractivity contribution in [3.05, 3.63) is 39.4 Å². The van der Waals surface area contributed by atoms with Crippen LogP contribution in [0, 0.1) is 27.7 Å². The summed E-state index contributed by atoms with van der Waals surface area (Å²) in [5.74, 6) is -2.90.